The van der Waals surface area contributed by atoms with Gasteiger partial charge in [0.1, 0.15) is 24.2 Å². The number of amides is 1. The highest BCUT2D eigenvalue weighted by molar-refractivity contribution is 6.30. The third-order valence-electron chi connectivity index (χ3n) is 4.75. The highest BCUT2D eigenvalue weighted by Crippen LogP contribution is 2.21. The van der Waals surface area contributed by atoms with Crippen LogP contribution in [0.15, 0.2) is 66.9 Å². The lowest BCUT2D eigenvalue weighted by molar-refractivity contribution is 0.0995. The first-order chi connectivity index (χ1) is 15.9. The molecular weight excluding hydrogens is 446 g/mol. The molecule has 1 heterocycles. The van der Waals surface area contributed by atoms with Crippen LogP contribution in [0.5, 0.6) is 17.4 Å². The van der Waals surface area contributed by atoms with Gasteiger partial charge in [-0.15, -0.1) is 0 Å². The van der Waals surface area contributed by atoms with Gasteiger partial charge < -0.3 is 30.7 Å². The van der Waals surface area contributed by atoms with Crippen LogP contribution < -0.4 is 20.5 Å². The number of primary amides is 1. The Morgan fingerprint density at radius 2 is 1.91 bits per heavy atom. The smallest absolute Gasteiger partial charge is 0.248 e. The number of carbonyl (C=O) groups is 1. The van der Waals surface area contributed by atoms with E-state index in [2.05, 4.69) is 10.3 Å². The Morgan fingerprint density at radius 1 is 1.12 bits per heavy atom. The highest BCUT2D eigenvalue weighted by Gasteiger charge is 2.12. The Balaban J connectivity index is 1.46. The van der Waals surface area contributed by atoms with E-state index in [-0.39, 0.29) is 31.7 Å². The summed E-state index contributed by atoms with van der Waals surface area (Å²) in [7, 11) is 0. The molecule has 0 aliphatic rings. The molecule has 0 aliphatic carbocycles. The number of rotatable bonds is 12. The van der Waals surface area contributed by atoms with Gasteiger partial charge in [-0.3, -0.25) is 4.79 Å². The van der Waals surface area contributed by atoms with Gasteiger partial charge in [0.05, 0.1) is 6.61 Å². The summed E-state index contributed by atoms with van der Waals surface area (Å²) in [6.45, 7) is 0.265. The van der Waals surface area contributed by atoms with E-state index in [0.717, 1.165) is 5.56 Å². The van der Waals surface area contributed by atoms with Crippen LogP contribution in [0, 0.1) is 0 Å². The first kappa shape index (κ1) is 24.5. The Kier molecular flexibility index (Phi) is 9.03. The largest absolute Gasteiger partial charge is 0.491 e. The Hall–Kier alpha value is -3.17. The molecule has 3 rings (SSSR count). The fraction of sp³-hybridized carbons (Fsp3) is 0.250. The molecule has 0 radical (unpaired) electrons. The maximum absolute atomic E-state index is 11.3. The monoisotopic (exact) mass is 471 g/mol. The number of halogens is 1. The van der Waals surface area contributed by atoms with Crippen molar-refractivity contribution in [1.29, 1.82) is 0 Å². The van der Waals surface area contributed by atoms with Crippen LogP contribution in [-0.4, -0.2) is 53.0 Å². The molecule has 5 N–H and O–H groups in total. The third kappa shape index (κ3) is 8.03. The van der Waals surface area contributed by atoms with Crippen LogP contribution in [0.3, 0.4) is 0 Å². The normalized spacial score (nSPS) is 12.7. The number of nitrogens with one attached hydrogen (secondary N) is 1. The van der Waals surface area contributed by atoms with Crippen LogP contribution in [-0.2, 0) is 6.42 Å². The van der Waals surface area contributed by atoms with E-state index >= 15 is 0 Å². The van der Waals surface area contributed by atoms with Gasteiger partial charge in [-0.1, -0.05) is 29.8 Å². The van der Waals surface area contributed by atoms with E-state index in [9.17, 15) is 15.0 Å². The Labute approximate surface area is 196 Å². The zero-order valence-corrected chi connectivity index (χ0v) is 18.6. The minimum absolute atomic E-state index is 0.0933. The lowest BCUT2D eigenvalue weighted by Crippen LogP contribution is -2.41. The SMILES string of the molecule is NC(=O)c1ccnc(Oc2ccc(C[C@@H](CO)NC[C@H](O)COc3cccc(Cl)c3)cc2)c1. The first-order valence-corrected chi connectivity index (χ1v) is 10.7. The van der Waals surface area contributed by atoms with Gasteiger partial charge in [-0.05, 0) is 48.4 Å². The molecule has 0 unspecified atom stereocenters. The van der Waals surface area contributed by atoms with Crippen molar-refractivity contribution >= 4 is 17.5 Å². The number of hydrogen-bond acceptors (Lipinski definition) is 7. The number of hydrogen-bond donors (Lipinski definition) is 4. The standard InChI is InChI=1S/C24H26ClN3O5/c25-18-2-1-3-22(12-18)32-15-20(30)13-28-19(14-29)10-16-4-6-21(7-5-16)33-23-11-17(24(26)31)8-9-27-23/h1-9,11-12,19-20,28-30H,10,13-15H2,(H2,26,31)/t19-,20-/m0/s1. The summed E-state index contributed by atoms with van der Waals surface area (Å²) in [6.07, 6.45) is 1.25. The molecule has 0 saturated heterocycles. The van der Waals surface area contributed by atoms with Gasteiger partial charge >= 0.3 is 0 Å². The van der Waals surface area contributed by atoms with Crippen LogP contribution in [0.4, 0.5) is 0 Å². The topological polar surface area (TPSA) is 127 Å². The third-order valence-corrected chi connectivity index (χ3v) is 4.98. The lowest BCUT2D eigenvalue weighted by Gasteiger charge is -2.19. The van der Waals surface area contributed by atoms with Crippen LogP contribution >= 0.6 is 11.6 Å². The molecule has 2 atom stereocenters. The maximum atomic E-state index is 11.3. The van der Waals surface area contributed by atoms with Crippen molar-refractivity contribution < 1.29 is 24.5 Å². The maximum Gasteiger partial charge on any atom is 0.248 e. The molecule has 0 saturated carbocycles. The van der Waals surface area contributed by atoms with Crippen molar-refractivity contribution in [3.63, 3.8) is 0 Å². The molecule has 9 heteroatoms. The summed E-state index contributed by atoms with van der Waals surface area (Å²) in [4.78, 5) is 15.3. The second-order valence-corrected chi connectivity index (χ2v) is 7.84. The van der Waals surface area contributed by atoms with Crippen molar-refractivity contribution in [2.45, 2.75) is 18.6 Å². The second kappa shape index (κ2) is 12.2. The van der Waals surface area contributed by atoms with Crippen molar-refractivity contribution in [2.24, 2.45) is 5.73 Å². The van der Waals surface area contributed by atoms with E-state index in [1.165, 1.54) is 18.3 Å². The van der Waals surface area contributed by atoms with Crippen LogP contribution in [0.1, 0.15) is 15.9 Å². The van der Waals surface area contributed by atoms with E-state index in [1.807, 2.05) is 12.1 Å². The predicted octanol–water partition coefficient (Wildman–Crippen LogP) is 2.56. The molecule has 3 aromatic rings. The fourth-order valence-electron chi connectivity index (χ4n) is 3.03. The number of aromatic nitrogens is 1. The minimum Gasteiger partial charge on any atom is -0.491 e. The summed E-state index contributed by atoms with van der Waals surface area (Å²) in [5.41, 5.74) is 6.55. The Bertz CT molecular complexity index is 1050. The number of carbonyl (C=O) groups excluding carboxylic acids is 1. The van der Waals surface area contributed by atoms with Crippen LogP contribution in [0.25, 0.3) is 0 Å². The van der Waals surface area contributed by atoms with E-state index in [0.29, 0.717) is 28.5 Å². The van der Waals surface area contributed by atoms with E-state index < -0.39 is 12.0 Å². The number of nitrogens with zero attached hydrogens (tertiary/aromatic N) is 1. The Morgan fingerprint density at radius 3 is 2.61 bits per heavy atom. The quantitative estimate of drug-likeness (QED) is 0.319. The number of benzene rings is 2. The molecule has 1 aromatic heterocycles. The summed E-state index contributed by atoms with van der Waals surface area (Å²) >= 11 is 5.92. The summed E-state index contributed by atoms with van der Waals surface area (Å²) in [5, 5.41) is 23.6. The number of aliphatic hydroxyl groups is 2. The highest BCUT2D eigenvalue weighted by atomic mass is 35.5. The molecule has 8 nitrogen and oxygen atoms in total. The molecule has 0 spiro atoms. The van der Waals surface area contributed by atoms with Gasteiger partial charge in [-0.25, -0.2) is 4.98 Å². The molecular formula is C24H26ClN3O5. The number of aliphatic hydroxyl groups excluding tert-OH is 2. The molecule has 0 fully saturated rings. The average molecular weight is 472 g/mol. The van der Waals surface area contributed by atoms with Crippen molar-refractivity contribution in [2.75, 3.05) is 19.8 Å². The van der Waals surface area contributed by atoms with E-state index in [1.54, 1.807) is 36.4 Å². The summed E-state index contributed by atoms with van der Waals surface area (Å²) in [6, 6.07) is 17.0. The predicted molar refractivity (Wildman–Crippen MR) is 125 cm³/mol. The number of pyridine rings is 1. The zero-order chi connectivity index (χ0) is 23.6. The van der Waals surface area contributed by atoms with Gasteiger partial charge in [0.2, 0.25) is 11.8 Å². The average Bonchev–Trinajstić information content (AvgIpc) is 2.81. The zero-order valence-electron chi connectivity index (χ0n) is 17.9. The molecule has 33 heavy (non-hydrogen) atoms. The minimum atomic E-state index is -0.752. The van der Waals surface area contributed by atoms with Gasteiger partial charge in [0, 0.05) is 35.4 Å². The first-order valence-electron chi connectivity index (χ1n) is 10.4. The fourth-order valence-corrected chi connectivity index (χ4v) is 3.21. The summed E-state index contributed by atoms with van der Waals surface area (Å²) < 4.78 is 11.2. The molecule has 0 bridgehead atoms. The van der Waals surface area contributed by atoms with E-state index in [4.69, 9.17) is 26.8 Å². The lowest BCUT2D eigenvalue weighted by atomic mass is 10.1. The van der Waals surface area contributed by atoms with Gasteiger partial charge in [0.15, 0.2) is 0 Å². The van der Waals surface area contributed by atoms with Gasteiger partial charge in [-0.2, -0.15) is 0 Å². The molecule has 2 aromatic carbocycles. The molecule has 1 amide bonds. The number of nitrogens with two attached hydrogens (primary N) is 1. The van der Waals surface area contributed by atoms with Crippen molar-refractivity contribution in [3.05, 3.63) is 83.0 Å². The molecule has 174 valence electrons. The van der Waals surface area contributed by atoms with Crippen molar-refractivity contribution in [1.82, 2.24) is 10.3 Å². The number of ether oxygens (including phenoxy) is 2. The van der Waals surface area contributed by atoms with Gasteiger partial charge in [0.25, 0.3) is 0 Å². The van der Waals surface area contributed by atoms with Crippen LogP contribution in [0.2, 0.25) is 5.02 Å². The molecule has 0 aliphatic heterocycles. The summed E-state index contributed by atoms with van der Waals surface area (Å²) in [5.74, 6) is 0.846. The second-order valence-electron chi connectivity index (χ2n) is 7.41. The van der Waals surface area contributed by atoms with Crippen molar-refractivity contribution in [3.8, 4) is 17.4 Å².